The van der Waals surface area contributed by atoms with Gasteiger partial charge in [0.05, 0.1) is 5.56 Å². The molecule has 2 aromatic carbocycles. The molecule has 23 heavy (non-hydrogen) atoms. The van der Waals surface area contributed by atoms with E-state index in [2.05, 4.69) is 0 Å². The highest BCUT2D eigenvalue weighted by Gasteiger charge is 2.35. The van der Waals surface area contributed by atoms with E-state index in [0.29, 0.717) is 13.1 Å². The van der Waals surface area contributed by atoms with Gasteiger partial charge in [-0.1, -0.05) is 42.5 Å². The van der Waals surface area contributed by atoms with Crippen molar-refractivity contribution in [1.29, 1.82) is 0 Å². The first kappa shape index (κ1) is 15.4. The highest BCUT2D eigenvalue weighted by Crippen LogP contribution is 2.23. The van der Waals surface area contributed by atoms with E-state index in [0.717, 1.165) is 12.0 Å². The zero-order chi connectivity index (χ0) is 16.2. The predicted molar refractivity (Wildman–Crippen MR) is 85.6 cm³/mol. The Hall–Kier alpha value is -2.49. The van der Waals surface area contributed by atoms with Crippen molar-refractivity contribution in [3.8, 4) is 0 Å². The van der Waals surface area contributed by atoms with Crippen LogP contribution in [-0.2, 0) is 11.2 Å². The van der Waals surface area contributed by atoms with E-state index < -0.39 is 11.7 Å². The van der Waals surface area contributed by atoms with Crippen molar-refractivity contribution in [2.75, 3.05) is 13.1 Å². The molecule has 1 heterocycles. The summed E-state index contributed by atoms with van der Waals surface area (Å²) in [5.74, 6) is -1.28. The van der Waals surface area contributed by atoms with Crippen LogP contribution >= 0.6 is 0 Å². The maximum absolute atomic E-state index is 13.7. The monoisotopic (exact) mass is 311 g/mol. The molecule has 3 nitrogen and oxygen atoms in total. The third kappa shape index (κ3) is 3.47. The minimum atomic E-state index is -0.521. The number of hydrogen-bond acceptors (Lipinski definition) is 2. The molecule has 0 radical (unpaired) electrons. The standard InChI is InChI=1S/C19H18FNO2/c20-17-9-5-4-8-16(17)19(23)15-12-18(22)21(13-15)11-10-14-6-2-1-3-7-14/h1-9,15H,10-13H2/t15-/m0/s1. The fourth-order valence-electron chi connectivity index (χ4n) is 2.95. The molecule has 1 atom stereocenters. The van der Waals surface area contributed by atoms with Gasteiger partial charge in [-0.05, 0) is 24.1 Å². The van der Waals surface area contributed by atoms with Crippen LogP contribution in [-0.4, -0.2) is 29.7 Å². The Kier molecular flexibility index (Phi) is 4.51. The first-order valence-electron chi connectivity index (χ1n) is 7.75. The average molecular weight is 311 g/mol. The van der Waals surface area contributed by atoms with Crippen LogP contribution in [0.2, 0.25) is 0 Å². The fourth-order valence-corrected chi connectivity index (χ4v) is 2.95. The number of halogens is 1. The summed E-state index contributed by atoms with van der Waals surface area (Å²) in [6.07, 6.45) is 0.926. The number of benzene rings is 2. The molecule has 0 bridgehead atoms. The van der Waals surface area contributed by atoms with Gasteiger partial charge in [0, 0.05) is 25.4 Å². The van der Waals surface area contributed by atoms with Crippen molar-refractivity contribution < 1.29 is 14.0 Å². The number of rotatable bonds is 5. The van der Waals surface area contributed by atoms with Gasteiger partial charge in [0.25, 0.3) is 0 Å². The van der Waals surface area contributed by atoms with E-state index in [1.165, 1.54) is 12.1 Å². The molecule has 4 heteroatoms. The Bertz CT molecular complexity index is 714. The Balaban J connectivity index is 1.63. The number of carbonyl (C=O) groups excluding carboxylic acids is 2. The lowest BCUT2D eigenvalue weighted by Gasteiger charge is -2.16. The van der Waals surface area contributed by atoms with Crippen molar-refractivity contribution in [3.05, 3.63) is 71.5 Å². The largest absolute Gasteiger partial charge is 0.342 e. The molecule has 2 aromatic rings. The van der Waals surface area contributed by atoms with Gasteiger partial charge >= 0.3 is 0 Å². The molecule has 1 aliphatic heterocycles. The number of nitrogens with zero attached hydrogens (tertiary/aromatic N) is 1. The van der Waals surface area contributed by atoms with Crippen LogP contribution in [0.25, 0.3) is 0 Å². The van der Waals surface area contributed by atoms with E-state index in [1.807, 2.05) is 30.3 Å². The molecule has 0 aliphatic carbocycles. The topological polar surface area (TPSA) is 37.4 Å². The zero-order valence-electron chi connectivity index (χ0n) is 12.7. The summed E-state index contributed by atoms with van der Waals surface area (Å²) < 4.78 is 13.7. The summed E-state index contributed by atoms with van der Waals surface area (Å²) in [4.78, 5) is 26.2. The van der Waals surface area contributed by atoms with Crippen LogP contribution in [0.15, 0.2) is 54.6 Å². The lowest BCUT2D eigenvalue weighted by molar-refractivity contribution is -0.127. The number of amides is 1. The molecule has 118 valence electrons. The summed E-state index contributed by atoms with van der Waals surface area (Å²) in [7, 11) is 0. The number of ketones is 1. The minimum Gasteiger partial charge on any atom is -0.342 e. The fraction of sp³-hybridized carbons (Fsp3) is 0.263. The minimum absolute atomic E-state index is 0.0318. The van der Waals surface area contributed by atoms with Crippen molar-refractivity contribution in [2.45, 2.75) is 12.8 Å². The maximum atomic E-state index is 13.7. The van der Waals surface area contributed by atoms with Crippen molar-refractivity contribution >= 4 is 11.7 Å². The van der Waals surface area contributed by atoms with Crippen molar-refractivity contribution in [1.82, 2.24) is 4.90 Å². The van der Waals surface area contributed by atoms with Gasteiger partial charge < -0.3 is 4.90 Å². The number of hydrogen-bond donors (Lipinski definition) is 0. The molecule has 0 unspecified atom stereocenters. The van der Waals surface area contributed by atoms with Crippen LogP contribution in [0.1, 0.15) is 22.3 Å². The lowest BCUT2D eigenvalue weighted by Crippen LogP contribution is -2.28. The highest BCUT2D eigenvalue weighted by molar-refractivity contribution is 6.01. The van der Waals surface area contributed by atoms with Crippen LogP contribution in [0.3, 0.4) is 0 Å². The Morgan fingerprint density at radius 2 is 1.78 bits per heavy atom. The van der Waals surface area contributed by atoms with E-state index in [4.69, 9.17) is 0 Å². The molecule has 1 aliphatic rings. The third-order valence-corrected chi connectivity index (χ3v) is 4.24. The lowest BCUT2D eigenvalue weighted by atomic mass is 9.96. The maximum Gasteiger partial charge on any atom is 0.223 e. The summed E-state index contributed by atoms with van der Waals surface area (Å²) in [5, 5.41) is 0. The third-order valence-electron chi connectivity index (χ3n) is 4.24. The summed E-state index contributed by atoms with van der Waals surface area (Å²) in [5.41, 5.74) is 1.24. The zero-order valence-corrected chi connectivity index (χ0v) is 12.7. The quantitative estimate of drug-likeness (QED) is 0.796. The van der Waals surface area contributed by atoms with Gasteiger partial charge in [0.2, 0.25) is 5.91 Å². The van der Waals surface area contributed by atoms with Crippen LogP contribution < -0.4 is 0 Å². The molecular formula is C19H18FNO2. The van der Waals surface area contributed by atoms with E-state index >= 15 is 0 Å². The average Bonchev–Trinajstić information content (AvgIpc) is 2.95. The molecule has 0 N–H and O–H groups in total. The van der Waals surface area contributed by atoms with Crippen LogP contribution in [0.5, 0.6) is 0 Å². The molecule has 1 amide bonds. The SMILES string of the molecule is O=C(c1ccccc1F)[C@H]1CC(=O)N(CCc2ccccc2)C1. The first-order valence-corrected chi connectivity index (χ1v) is 7.75. The van der Waals surface area contributed by atoms with Crippen LogP contribution in [0.4, 0.5) is 4.39 Å². The van der Waals surface area contributed by atoms with Gasteiger partial charge in [-0.2, -0.15) is 0 Å². The smallest absolute Gasteiger partial charge is 0.223 e. The van der Waals surface area contributed by atoms with Gasteiger partial charge in [0.15, 0.2) is 5.78 Å². The van der Waals surface area contributed by atoms with E-state index in [9.17, 15) is 14.0 Å². The normalized spacial score (nSPS) is 17.5. The Labute approximate surface area is 134 Å². The Morgan fingerprint density at radius 1 is 1.09 bits per heavy atom. The molecular weight excluding hydrogens is 293 g/mol. The van der Waals surface area contributed by atoms with Gasteiger partial charge in [-0.3, -0.25) is 9.59 Å². The molecule has 0 aromatic heterocycles. The van der Waals surface area contributed by atoms with E-state index in [-0.39, 0.29) is 23.7 Å². The summed E-state index contributed by atoms with van der Waals surface area (Å²) >= 11 is 0. The second kappa shape index (κ2) is 6.73. The van der Waals surface area contributed by atoms with E-state index in [1.54, 1.807) is 17.0 Å². The summed E-state index contributed by atoms with van der Waals surface area (Å²) in [6.45, 7) is 0.961. The molecule has 1 saturated heterocycles. The van der Waals surface area contributed by atoms with Gasteiger partial charge in [-0.15, -0.1) is 0 Å². The number of likely N-dealkylation sites (tertiary alicyclic amines) is 1. The van der Waals surface area contributed by atoms with Crippen molar-refractivity contribution in [2.24, 2.45) is 5.92 Å². The first-order chi connectivity index (χ1) is 11.1. The Morgan fingerprint density at radius 3 is 2.52 bits per heavy atom. The second-order valence-electron chi connectivity index (χ2n) is 5.82. The molecule has 1 fully saturated rings. The summed E-state index contributed by atoms with van der Waals surface area (Å²) in [6, 6.07) is 15.9. The second-order valence-corrected chi connectivity index (χ2v) is 5.82. The van der Waals surface area contributed by atoms with Crippen LogP contribution in [0, 0.1) is 11.7 Å². The predicted octanol–water partition coefficient (Wildman–Crippen LogP) is 3.10. The molecule has 3 rings (SSSR count). The molecule has 0 saturated carbocycles. The highest BCUT2D eigenvalue weighted by atomic mass is 19.1. The number of Topliss-reactive ketones (excluding diaryl/α,β-unsaturated/α-hetero) is 1. The van der Waals surface area contributed by atoms with Crippen molar-refractivity contribution in [3.63, 3.8) is 0 Å². The number of carbonyl (C=O) groups is 2. The van der Waals surface area contributed by atoms with Gasteiger partial charge in [-0.25, -0.2) is 4.39 Å². The van der Waals surface area contributed by atoms with Gasteiger partial charge in [0.1, 0.15) is 5.82 Å². The molecule has 0 spiro atoms.